The van der Waals surface area contributed by atoms with Crippen LogP contribution in [0.4, 0.5) is 0 Å². The van der Waals surface area contributed by atoms with E-state index >= 15 is 0 Å². The Morgan fingerprint density at radius 3 is 2.66 bits per heavy atom. The lowest BCUT2D eigenvalue weighted by Crippen LogP contribution is -2.37. The summed E-state index contributed by atoms with van der Waals surface area (Å²) in [6, 6.07) is 12.8. The molecule has 2 saturated carbocycles. The van der Waals surface area contributed by atoms with Crippen molar-refractivity contribution in [2.24, 2.45) is 5.92 Å². The highest BCUT2D eigenvalue weighted by Gasteiger charge is 2.35. The van der Waals surface area contributed by atoms with Crippen LogP contribution in [0.1, 0.15) is 44.1 Å². The molecule has 4 nitrogen and oxygen atoms in total. The van der Waals surface area contributed by atoms with Crippen LogP contribution in [-0.4, -0.2) is 11.9 Å². The molecule has 2 fully saturated rings. The van der Waals surface area contributed by atoms with E-state index in [2.05, 4.69) is 12.1 Å². The zero-order chi connectivity index (χ0) is 20.1. The molecule has 0 saturated heterocycles. The first-order valence-electron chi connectivity index (χ1n) is 10.0. The molecule has 148 valence electrons. The van der Waals surface area contributed by atoms with Crippen molar-refractivity contribution in [3.63, 3.8) is 0 Å². The van der Waals surface area contributed by atoms with Crippen molar-refractivity contribution in [2.45, 2.75) is 44.6 Å². The van der Waals surface area contributed by atoms with E-state index in [1.54, 1.807) is 25.1 Å². The van der Waals surface area contributed by atoms with Crippen LogP contribution in [-0.2, 0) is 4.79 Å². The average Bonchev–Trinajstić information content (AvgIpc) is 3.50. The predicted octanol–water partition coefficient (Wildman–Crippen LogP) is 5.74. The molecule has 29 heavy (non-hydrogen) atoms. The van der Waals surface area contributed by atoms with Crippen molar-refractivity contribution in [2.75, 3.05) is 0 Å². The van der Waals surface area contributed by atoms with Gasteiger partial charge in [0.2, 0.25) is 0 Å². The number of ketones is 1. The van der Waals surface area contributed by atoms with Gasteiger partial charge in [0.1, 0.15) is 23.4 Å². The first-order chi connectivity index (χ1) is 14.0. The maximum absolute atomic E-state index is 12.6. The summed E-state index contributed by atoms with van der Waals surface area (Å²) in [5.41, 5.74) is 2.22. The molecule has 0 radical (unpaired) electrons. The zero-order valence-electron chi connectivity index (χ0n) is 16.1. The molecule has 3 aromatic rings. The van der Waals surface area contributed by atoms with Gasteiger partial charge in [0.25, 0.3) is 0 Å². The number of hydrogen-bond acceptors (Lipinski definition) is 4. The number of fused-ring (bicyclic) bond motifs is 1. The van der Waals surface area contributed by atoms with Gasteiger partial charge in [-0.05, 0) is 68.4 Å². The van der Waals surface area contributed by atoms with Crippen LogP contribution in [0, 0.1) is 5.92 Å². The Bertz CT molecular complexity index is 1170. The lowest BCUT2D eigenvalue weighted by Gasteiger charge is -2.34. The van der Waals surface area contributed by atoms with E-state index in [1.807, 2.05) is 6.07 Å². The van der Waals surface area contributed by atoms with E-state index in [0.717, 1.165) is 18.4 Å². The number of benzene rings is 2. The van der Waals surface area contributed by atoms with Gasteiger partial charge < -0.3 is 9.15 Å². The van der Waals surface area contributed by atoms with Gasteiger partial charge in [-0.25, -0.2) is 0 Å². The molecule has 0 aliphatic heterocycles. The quantitative estimate of drug-likeness (QED) is 0.540. The second-order valence-electron chi connectivity index (χ2n) is 8.14. The molecule has 0 N–H and O–H groups in total. The summed E-state index contributed by atoms with van der Waals surface area (Å²) in [6.07, 6.45) is 3.85. The van der Waals surface area contributed by atoms with Crippen LogP contribution in [0.5, 0.6) is 5.75 Å². The molecular formula is C24H21ClO4. The molecule has 0 amide bonds. The fraction of sp³-hybridized carbons (Fsp3) is 0.333. The summed E-state index contributed by atoms with van der Waals surface area (Å²) in [7, 11) is 0. The molecule has 0 spiro atoms. The van der Waals surface area contributed by atoms with Crippen molar-refractivity contribution in [3.8, 4) is 17.1 Å². The third-order valence-electron chi connectivity index (χ3n) is 5.99. The molecule has 1 aromatic heterocycles. The van der Waals surface area contributed by atoms with Crippen LogP contribution >= 0.6 is 11.6 Å². The molecule has 5 heteroatoms. The van der Waals surface area contributed by atoms with Crippen LogP contribution in [0.25, 0.3) is 22.3 Å². The van der Waals surface area contributed by atoms with E-state index in [0.29, 0.717) is 33.4 Å². The number of para-hydroxylation sites is 1. The fourth-order valence-corrected chi connectivity index (χ4v) is 4.17. The SMILES string of the molecule is CC(=O)[C@H]1C[C@@H](Oc2cc(C3CC3)ccc2-c2cc(=O)c3cccc(Cl)c3o2)C1. The zero-order valence-corrected chi connectivity index (χ0v) is 16.9. The van der Waals surface area contributed by atoms with Gasteiger partial charge in [-0.1, -0.05) is 23.7 Å². The van der Waals surface area contributed by atoms with Crippen LogP contribution in [0.2, 0.25) is 5.02 Å². The Labute approximate surface area is 173 Å². The third-order valence-corrected chi connectivity index (χ3v) is 6.29. The third kappa shape index (κ3) is 3.46. The molecule has 2 aliphatic carbocycles. The Balaban J connectivity index is 1.56. The summed E-state index contributed by atoms with van der Waals surface area (Å²) < 4.78 is 12.3. The standard InChI is InChI=1S/C24H21ClO4/c1-13(26)16-9-17(10-16)28-22-11-15(14-5-6-14)7-8-19(22)23-12-21(27)18-3-2-4-20(25)24(18)29-23/h2-4,7-8,11-12,14,16-17H,5-6,9-10H2,1H3/t16-,17+. The molecule has 0 atom stereocenters. The largest absolute Gasteiger partial charge is 0.490 e. The lowest BCUT2D eigenvalue weighted by molar-refractivity contribution is -0.126. The smallest absolute Gasteiger partial charge is 0.193 e. The van der Waals surface area contributed by atoms with Crippen molar-refractivity contribution >= 4 is 28.4 Å². The summed E-state index contributed by atoms with van der Waals surface area (Å²) in [6.45, 7) is 1.63. The first-order valence-corrected chi connectivity index (χ1v) is 10.4. The molecule has 2 aliphatic rings. The van der Waals surface area contributed by atoms with E-state index in [9.17, 15) is 9.59 Å². The molecule has 0 bridgehead atoms. The molecule has 2 aromatic carbocycles. The molecule has 1 heterocycles. The average molecular weight is 409 g/mol. The van der Waals surface area contributed by atoms with Gasteiger partial charge >= 0.3 is 0 Å². The predicted molar refractivity (Wildman–Crippen MR) is 113 cm³/mol. The maximum Gasteiger partial charge on any atom is 0.193 e. The fourth-order valence-electron chi connectivity index (χ4n) is 3.96. The molecular weight excluding hydrogens is 388 g/mol. The Kier molecular flexibility index (Phi) is 4.47. The van der Waals surface area contributed by atoms with Gasteiger partial charge in [0.15, 0.2) is 11.0 Å². The van der Waals surface area contributed by atoms with Crippen molar-refractivity contribution in [1.29, 1.82) is 0 Å². The van der Waals surface area contributed by atoms with Gasteiger partial charge in [0, 0.05) is 12.0 Å². The number of ether oxygens (including phenoxy) is 1. The van der Waals surface area contributed by atoms with Crippen molar-refractivity contribution in [1.82, 2.24) is 0 Å². The van der Waals surface area contributed by atoms with Gasteiger partial charge in [0.05, 0.1) is 16.0 Å². The van der Waals surface area contributed by atoms with Gasteiger partial charge in [-0.2, -0.15) is 0 Å². The summed E-state index contributed by atoms with van der Waals surface area (Å²) in [5.74, 6) is 2.03. The first kappa shape index (κ1) is 18.4. The Morgan fingerprint density at radius 2 is 1.93 bits per heavy atom. The monoisotopic (exact) mass is 408 g/mol. The minimum Gasteiger partial charge on any atom is -0.490 e. The number of halogens is 1. The Hall–Kier alpha value is -2.59. The highest BCUT2D eigenvalue weighted by Crippen LogP contribution is 2.44. The number of carbonyl (C=O) groups is 1. The van der Waals surface area contributed by atoms with Gasteiger partial charge in [-0.3, -0.25) is 9.59 Å². The number of carbonyl (C=O) groups excluding carboxylic acids is 1. The van der Waals surface area contributed by atoms with Crippen LogP contribution in [0.3, 0.4) is 0 Å². The summed E-state index contributed by atoms with van der Waals surface area (Å²) in [4.78, 5) is 24.2. The number of Topliss-reactive ketones (excluding diaryl/α,β-unsaturated/α-hetero) is 1. The van der Waals surface area contributed by atoms with Crippen LogP contribution in [0.15, 0.2) is 51.7 Å². The summed E-state index contributed by atoms with van der Waals surface area (Å²) >= 11 is 6.27. The lowest BCUT2D eigenvalue weighted by atomic mass is 9.80. The molecule has 0 unspecified atom stereocenters. The van der Waals surface area contributed by atoms with Crippen molar-refractivity contribution in [3.05, 3.63) is 63.3 Å². The van der Waals surface area contributed by atoms with E-state index in [4.69, 9.17) is 20.8 Å². The van der Waals surface area contributed by atoms with Gasteiger partial charge in [-0.15, -0.1) is 0 Å². The topological polar surface area (TPSA) is 56.5 Å². The Morgan fingerprint density at radius 1 is 1.14 bits per heavy atom. The maximum atomic E-state index is 12.6. The molecule has 5 rings (SSSR count). The van der Waals surface area contributed by atoms with Crippen LogP contribution < -0.4 is 10.2 Å². The highest BCUT2D eigenvalue weighted by atomic mass is 35.5. The minimum atomic E-state index is -0.138. The van der Waals surface area contributed by atoms with E-state index < -0.39 is 0 Å². The van der Waals surface area contributed by atoms with Crippen molar-refractivity contribution < 1.29 is 13.9 Å². The van der Waals surface area contributed by atoms with E-state index in [-0.39, 0.29) is 23.2 Å². The van der Waals surface area contributed by atoms with E-state index in [1.165, 1.54) is 24.5 Å². The summed E-state index contributed by atoms with van der Waals surface area (Å²) in [5, 5.41) is 0.864. The second kappa shape index (κ2) is 7.03. The normalized spacial score (nSPS) is 21.0. The number of hydrogen-bond donors (Lipinski definition) is 0. The second-order valence-corrected chi connectivity index (χ2v) is 8.55. The highest BCUT2D eigenvalue weighted by molar-refractivity contribution is 6.34. The minimum absolute atomic E-state index is 0.00729. The number of rotatable bonds is 5.